The molecule has 1 aliphatic heterocycles. The number of amides is 1. The summed E-state index contributed by atoms with van der Waals surface area (Å²) in [7, 11) is 0. The summed E-state index contributed by atoms with van der Waals surface area (Å²) in [6.07, 6.45) is 7.71. The molecule has 1 N–H and O–H groups in total. The van der Waals surface area contributed by atoms with Crippen molar-refractivity contribution in [3.05, 3.63) is 68.4 Å². The normalized spacial score (nSPS) is 17.1. The summed E-state index contributed by atoms with van der Waals surface area (Å²) in [5.74, 6) is 0.447. The SMILES string of the molecule is Cc1c(C(=O)N2CCCC2/C=C/c2cccs2)cnn1-c1ccc(=O)[nH]n1. The Hall–Kier alpha value is -3.00. The number of aromatic amines is 1. The second kappa shape index (κ2) is 7.32. The van der Waals surface area contributed by atoms with E-state index in [-0.39, 0.29) is 17.5 Å². The van der Waals surface area contributed by atoms with Crippen molar-refractivity contribution in [2.45, 2.75) is 25.8 Å². The number of thiophene rings is 1. The second-order valence-corrected chi connectivity index (χ2v) is 7.40. The minimum atomic E-state index is -0.280. The van der Waals surface area contributed by atoms with Crippen molar-refractivity contribution in [1.29, 1.82) is 0 Å². The van der Waals surface area contributed by atoms with Gasteiger partial charge in [0.05, 0.1) is 23.5 Å². The van der Waals surface area contributed by atoms with E-state index in [4.69, 9.17) is 0 Å². The minimum Gasteiger partial charge on any atom is -0.332 e. The predicted octanol–water partition coefficient (Wildman–Crippen LogP) is 2.64. The molecule has 0 aliphatic carbocycles. The number of nitrogens with zero attached hydrogens (tertiary/aromatic N) is 4. The van der Waals surface area contributed by atoms with Crippen LogP contribution in [0.2, 0.25) is 0 Å². The second-order valence-electron chi connectivity index (χ2n) is 6.42. The van der Waals surface area contributed by atoms with Gasteiger partial charge in [-0.3, -0.25) is 9.59 Å². The molecule has 0 saturated carbocycles. The van der Waals surface area contributed by atoms with Crippen molar-refractivity contribution in [2.75, 3.05) is 6.54 Å². The third kappa shape index (κ3) is 3.48. The Morgan fingerprint density at radius 3 is 3.00 bits per heavy atom. The number of hydrogen-bond acceptors (Lipinski definition) is 5. The Morgan fingerprint density at radius 2 is 2.26 bits per heavy atom. The fourth-order valence-electron chi connectivity index (χ4n) is 3.30. The van der Waals surface area contributed by atoms with Crippen LogP contribution < -0.4 is 5.56 Å². The smallest absolute Gasteiger partial charge is 0.264 e. The minimum absolute atomic E-state index is 0.0264. The first-order valence-corrected chi connectivity index (χ1v) is 9.65. The van der Waals surface area contributed by atoms with Crippen molar-refractivity contribution >= 4 is 23.3 Å². The van der Waals surface area contributed by atoms with Gasteiger partial charge in [0.1, 0.15) is 0 Å². The number of aromatic nitrogens is 4. The average Bonchev–Trinajstić information content (AvgIpc) is 3.41. The Morgan fingerprint density at radius 1 is 1.37 bits per heavy atom. The van der Waals surface area contributed by atoms with Crippen LogP contribution in [0.15, 0.2) is 46.7 Å². The molecule has 4 heterocycles. The third-order valence-corrected chi connectivity index (χ3v) is 5.55. The number of likely N-dealkylation sites (tertiary alicyclic amines) is 1. The molecule has 0 spiro atoms. The lowest BCUT2D eigenvalue weighted by molar-refractivity contribution is 0.0761. The first-order chi connectivity index (χ1) is 13.1. The topological polar surface area (TPSA) is 83.9 Å². The van der Waals surface area contributed by atoms with E-state index in [1.54, 1.807) is 28.3 Å². The third-order valence-electron chi connectivity index (χ3n) is 4.71. The highest BCUT2D eigenvalue weighted by Crippen LogP contribution is 2.24. The van der Waals surface area contributed by atoms with Crippen LogP contribution in [0.1, 0.15) is 33.8 Å². The van der Waals surface area contributed by atoms with Gasteiger partial charge in [-0.2, -0.15) is 10.2 Å². The van der Waals surface area contributed by atoms with Crippen LogP contribution in [0.5, 0.6) is 0 Å². The number of carbonyl (C=O) groups is 1. The molecule has 3 aromatic rings. The number of nitrogens with one attached hydrogen (secondary N) is 1. The standard InChI is InChI=1S/C19H19N5O2S/c1-13-16(12-20-24(13)17-8-9-18(25)22-21-17)19(26)23-10-2-4-14(23)6-7-15-5-3-11-27-15/h3,5-9,11-12,14H,2,4,10H2,1H3,(H,22,25)/b7-6+. The highest BCUT2D eigenvalue weighted by Gasteiger charge is 2.30. The molecule has 1 aliphatic rings. The Labute approximate surface area is 160 Å². The van der Waals surface area contributed by atoms with E-state index < -0.39 is 0 Å². The van der Waals surface area contributed by atoms with Crippen LogP contribution in [0.3, 0.4) is 0 Å². The van der Waals surface area contributed by atoms with E-state index in [0.29, 0.717) is 17.1 Å². The quantitative estimate of drug-likeness (QED) is 0.753. The van der Waals surface area contributed by atoms with E-state index in [9.17, 15) is 9.59 Å². The van der Waals surface area contributed by atoms with Crippen LogP contribution in [-0.4, -0.2) is 43.4 Å². The predicted molar refractivity (Wildman–Crippen MR) is 104 cm³/mol. The molecule has 8 heteroatoms. The van der Waals surface area contributed by atoms with Gasteiger partial charge in [-0.1, -0.05) is 12.1 Å². The van der Waals surface area contributed by atoms with Crippen molar-refractivity contribution < 1.29 is 4.79 Å². The van der Waals surface area contributed by atoms with Gasteiger partial charge in [0.15, 0.2) is 5.82 Å². The molecule has 0 radical (unpaired) electrons. The highest BCUT2D eigenvalue weighted by atomic mass is 32.1. The number of carbonyl (C=O) groups excluding carboxylic acids is 1. The fourth-order valence-corrected chi connectivity index (χ4v) is 3.93. The molecule has 0 bridgehead atoms. The van der Waals surface area contributed by atoms with Crippen LogP contribution in [-0.2, 0) is 0 Å². The molecular weight excluding hydrogens is 362 g/mol. The van der Waals surface area contributed by atoms with E-state index in [0.717, 1.165) is 19.4 Å². The zero-order chi connectivity index (χ0) is 18.8. The molecule has 1 saturated heterocycles. The van der Waals surface area contributed by atoms with Crippen LogP contribution in [0.4, 0.5) is 0 Å². The fraction of sp³-hybridized carbons (Fsp3) is 0.263. The summed E-state index contributed by atoms with van der Waals surface area (Å²) in [4.78, 5) is 27.4. The maximum atomic E-state index is 13.1. The van der Waals surface area contributed by atoms with Gasteiger partial charge in [-0.25, -0.2) is 9.78 Å². The largest absolute Gasteiger partial charge is 0.332 e. The summed E-state index contributed by atoms with van der Waals surface area (Å²) < 4.78 is 1.57. The first-order valence-electron chi connectivity index (χ1n) is 8.77. The molecule has 4 rings (SSSR count). The number of H-pyrrole nitrogens is 1. The summed E-state index contributed by atoms with van der Waals surface area (Å²) >= 11 is 1.68. The Bertz CT molecular complexity index is 1010. The van der Waals surface area contributed by atoms with Crippen molar-refractivity contribution in [3.8, 4) is 5.82 Å². The molecular formula is C19H19N5O2S. The van der Waals surface area contributed by atoms with Gasteiger partial charge in [-0.05, 0) is 43.4 Å². The molecule has 27 heavy (non-hydrogen) atoms. The van der Waals surface area contributed by atoms with Crippen LogP contribution in [0, 0.1) is 6.92 Å². The molecule has 1 atom stereocenters. The van der Waals surface area contributed by atoms with Gasteiger partial charge in [0.25, 0.3) is 11.5 Å². The maximum Gasteiger partial charge on any atom is 0.264 e. The monoisotopic (exact) mass is 381 g/mol. The first kappa shape index (κ1) is 17.4. The number of rotatable bonds is 4. The molecule has 3 aromatic heterocycles. The van der Waals surface area contributed by atoms with E-state index in [1.807, 2.05) is 23.3 Å². The molecule has 1 fully saturated rings. The van der Waals surface area contributed by atoms with E-state index >= 15 is 0 Å². The Kier molecular flexibility index (Phi) is 4.72. The lowest BCUT2D eigenvalue weighted by atomic mass is 10.1. The van der Waals surface area contributed by atoms with Crippen molar-refractivity contribution in [2.24, 2.45) is 0 Å². The van der Waals surface area contributed by atoms with Gasteiger partial charge in [0.2, 0.25) is 0 Å². The molecule has 0 aromatic carbocycles. The van der Waals surface area contributed by atoms with E-state index in [2.05, 4.69) is 33.5 Å². The highest BCUT2D eigenvalue weighted by molar-refractivity contribution is 7.10. The lowest BCUT2D eigenvalue weighted by Gasteiger charge is -2.22. The molecule has 138 valence electrons. The summed E-state index contributed by atoms with van der Waals surface area (Å²) in [6, 6.07) is 7.14. The summed E-state index contributed by atoms with van der Waals surface area (Å²) in [5, 5.41) is 12.7. The lowest BCUT2D eigenvalue weighted by Crippen LogP contribution is -2.34. The van der Waals surface area contributed by atoms with E-state index in [1.165, 1.54) is 10.9 Å². The number of hydrogen-bond donors (Lipinski definition) is 1. The zero-order valence-corrected chi connectivity index (χ0v) is 15.6. The molecule has 1 amide bonds. The van der Waals surface area contributed by atoms with Gasteiger partial charge < -0.3 is 4.90 Å². The molecule has 1 unspecified atom stereocenters. The zero-order valence-electron chi connectivity index (χ0n) is 14.8. The van der Waals surface area contributed by atoms with Crippen LogP contribution in [0.25, 0.3) is 11.9 Å². The van der Waals surface area contributed by atoms with Gasteiger partial charge in [0, 0.05) is 17.5 Å². The summed E-state index contributed by atoms with van der Waals surface area (Å²) in [5.41, 5.74) is 0.976. The van der Waals surface area contributed by atoms with Crippen LogP contribution >= 0.6 is 11.3 Å². The summed E-state index contributed by atoms with van der Waals surface area (Å²) in [6.45, 7) is 2.57. The van der Waals surface area contributed by atoms with Gasteiger partial charge >= 0.3 is 0 Å². The molecule has 7 nitrogen and oxygen atoms in total. The average molecular weight is 381 g/mol. The Balaban J connectivity index is 1.57. The van der Waals surface area contributed by atoms with Gasteiger partial charge in [-0.15, -0.1) is 11.3 Å². The van der Waals surface area contributed by atoms with Crippen molar-refractivity contribution in [3.63, 3.8) is 0 Å². The van der Waals surface area contributed by atoms with Crippen molar-refractivity contribution in [1.82, 2.24) is 24.9 Å². The maximum absolute atomic E-state index is 13.1.